The van der Waals surface area contributed by atoms with E-state index in [0.717, 1.165) is 17.3 Å². The second kappa shape index (κ2) is 7.99. The van der Waals surface area contributed by atoms with Crippen LogP contribution in [-0.2, 0) is 21.3 Å². The number of rotatable bonds is 8. The number of ether oxygens (including phenoxy) is 1. The lowest BCUT2D eigenvalue weighted by Gasteiger charge is -2.11. The number of benzene rings is 1. The molecule has 0 aliphatic rings. The van der Waals surface area contributed by atoms with E-state index in [1.807, 2.05) is 11.5 Å². The number of methoxy groups -OCH3 is 1. The Balaban J connectivity index is 2.38. The van der Waals surface area contributed by atoms with Gasteiger partial charge in [0.15, 0.2) is 0 Å². The summed E-state index contributed by atoms with van der Waals surface area (Å²) in [6.07, 6.45) is 0.736. The van der Waals surface area contributed by atoms with Crippen molar-refractivity contribution in [3.8, 4) is 0 Å². The third kappa shape index (κ3) is 4.02. The van der Waals surface area contributed by atoms with Crippen LogP contribution in [0.5, 0.6) is 0 Å². The molecule has 0 aliphatic carbocycles. The number of carbonyl (C=O) groups excluding carboxylic acids is 1. The summed E-state index contributed by atoms with van der Waals surface area (Å²) >= 11 is 0. The van der Waals surface area contributed by atoms with Crippen molar-refractivity contribution in [3.05, 3.63) is 30.0 Å². The van der Waals surface area contributed by atoms with Crippen molar-refractivity contribution in [2.45, 2.75) is 24.8 Å². The second-order valence-corrected chi connectivity index (χ2v) is 8.04. The SMILES string of the molecule is CCn1c(C(=O)NCCCOC)cc2cc(S(=O)(=O)N(C)C)ccc21. The highest BCUT2D eigenvalue weighted by Gasteiger charge is 2.20. The number of amides is 1. The summed E-state index contributed by atoms with van der Waals surface area (Å²) in [5.41, 5.74) is 1.36. The number of aryl methyl sites for hydroxylation is 1. The lowest BCUT2D eigenvalue weighted by Crippen LogP contribution is -2.27. The van der Waals surface area contributed by atoms with Crippen LogP contribution in [0.2, 0.25) is 0 Å². The molecule has 0 fully saturated rings. The van der Waals surface area contributed by atoms with Crippen LogP contribution in [0.1, 0.15) is 23.8 Å². The Hall–Kier alpha value is -1.90. The van der Waals surface area contributed by atoms with E-state index >= 15 is 0 Å². The summed E-state index contributed by atoms with van der Waals surface area (Å²) < 4.78 is 32.6. The summed E-state index contributed by atoms with van der Waals surface area (Å²) in [6.45, 7) is 3.68. The molecular weight excluding hydrogens is 342 g/mol. The molecule has 1 aromatic heterocycles. The standard InChI is InChI=1S/C17H25N3O4S/c1-5-20-15-8-7-14(25(22,23)19(2)3)11-13(15)12-16(20)17(21)18-9-6-10-24-4/h7-8,11-12H,5-6,9-10H2,1-4H3,(H,18,21). The molecule has 0 bridgehead atoms. The minimum absolute atomic E-state index is 0.175. The van der Waals surface area contributed by atoms with Crippen molar-refractivity contribution in [2.75, 3.05) is 34.4 Å². The third-order valence-electron chi connectivity index (χ3n) is 4.01. The molecule has 0 saturated heterocycles. The van der Waals surface area contributed by atoms with Crippen LogP contribution >= 0.6 is 0 Å². The van der Waals surface area contributed by atoms with E-state index in [1.165, 1.54) is 18.4 Å². The molecule has 2 aromatic rings. The van der Waals surface area contributed by atoms with Gasteiger partial charge in [0.25, 0.3) is 5.91 Å². The van der Waals surface area contributed by atoms with Crippen molar-refractivity contribution in [2.24, 2.45) is 0 Å². The van der Waals surface area contributed by atoms with Gasteiger partial charge in [0.05, 0.1) is 4.90 Å². The van der Waals surface area contributed by atoms with Gasteiger partial charge in [-0.05, 0) is 37.6 Å². The second-order valence-electron chi connectivity index (χ2n) is 5.88. The van der Waals surface area contributed by atoms with Crippen molar-refractivity contribution in [1.82, 2.24) is 14.2 Å². The predicted octanol–water partition coefficient (Wildman–Crippen LogP) is 1.68. The monoisotopic (exact) mass is 367 g/mol. The Bertz CT molecular complexity index is 856. The summed E-state index contributed by atoms with van der Waals surface area (Å²) in [6, 6.07) is 6.67. The lowest BCUT2D eigenvalue weighted by molar-refractivity contribution is 0.0940. The Labute approximate surface area is 148 Å². The Morgan fingerprint density at radius 1 is 1.28 bits per heavy atom. The van der Waals surface area contributed by atoms with Gasteiger partial charge in [0.2, 0.25) is 10.0 Å². The fraction of sp³-hybridized carbons (Fsp3) is 0.471. The number of hydrogen-bond donors (Lipinski definition) is 1. The van der Waals surface area contributed by atoms with Crippen molar-refractivity contribution < 1.29 is 17.9 Å². The average Bonchev–Trinajstić information content (AvgIpc) is 2.96. The molecule has 1 heterocycles. The van der Waals surface area contributed by atoms with Crippen molar-refractivity contribution in [1.29, 1.82) is 0 Å². The van der Waals surface area contributed by atoms with E-state index in [1.54, 1.807) is 31.4 Å². The minimum Gasteiger partial charge on any atom is -0.385 e. The van der Waals surface area contributed by atoms with Gasteiger partial charge >= 0.3 is 0 Å². The quantitative estimate of drug-likeness (QED) is 0.720. The van der Waals surface area contributed by atoms with E-state index in [4.69, 9.17) is 4.74 Å². The summed E-state index contributed by atoms with van der Waals surface area (Å²) in [5, 5.41) is 3.59. The molecule has 8 heteroatoms. The largest absolute Gasteiger partial charge is 0.385 e. The highest BCUT2D eigenvalue weighted by molar-refractivity contribution is 7.89. The number of aromatic nitrogens is 1. The van der Waals surface area contributed by atoms with Crippen molar-refractivity contribution in [3.63, 3.8) is 0 Å². The molecule has 7 nitrogen and oxygen atoms in total. The fourth-order valence-corrected chi connectivity index (χ4v) is 3.60. The van der Waals surface area contributed by atoms with Crippen LogP contribution in [0.3, 0.4) is 0 Å². The first-order chi connectivity index (χ1) is 11.8. The molecule has 25 heavy (non-hydrogen) atoms. The minimum atomic E-state index is -3.51. The van der Waals surface area contributed by atoms with Gasteiger partial charge in [-0.2, -0.15) is 0 Å². The molecule has 0 unspecified atom stereocenters. The Morgan fingerprint density at radius 2 is 2.00 bits per heavy atom. The summed E-state index contributed by atoms with van der Waals surface area (Å²) in [5.74, 6) is -0.175. The molecule has 0 radical (unpaired) electrons. The Morgan fingerprint density at radius 3 is 2.60 bits per heavy atom. The van der Waals surface area contributed by atoms with Gasteiger partial charge in [-0.3, -0.25) is 4.79 Å². The van der Waals surface area contributed by atoms with Gasteiger partial charge in [-0.1, -0.05) is 0 Å². The van der Waals surface area contributed by atoms with Gasteiger partial charge in [0.1, 0.15) is 5.69 Å². The molecule has 1 N–H and O–H groups in total. The van der Waals surface area contributed by atoms with E-state index < -0.39 is 10.0 Å². The molecule has 2 rings (SSSR count). The van der Waals surface area contributed by atoms with E-state index in [0.29, 0.717) is 25.4 Å². The number of nitrogens with one attached hydrogen (secondary N) is 1. The fourth-order valence-electron chi connectivity index (χ4n) is 2.66. The smallest absolute Gasteiger partial charge is 0.267 e. The first kappa shape index (κ1) is 19.4. The number of sulfonamides is 1. The van der Waals surface area contributed by atoms with E-state index in [2.05, 4.69) is 5.32 Å². The van der Waals surface area contributed by atoms with Crippen LogP contribution in [-0.4, -0.2) is 57.6 Å². The van der Waals surface area contributed by atoms with Crippen LogP contribution in [0, 0.1) is 0 Å². The van der Waals surface area contributed by atoms with Crippen LogP contribution in [0.15, 0.2) is 29.2 Å². The van der Waals surface area contributed by atoms with Gasteiger partial charge in [0, 0.05) is 51.8 Å². The normalized spacial score (nSPS) is 12.0. The zero-order chi connectivity index (χ0) is 18.6. The lowest BCUT2D eigenvalue weighted by atomic mass is 10.2. The molecule has 0 atom stereocenters. The highest BCUT2D eigenvalue weighted by Crippen LogP contribution is 2.24. The van der Waals surface area contributed by atoms with Crippen LogP contribution < -0.4 is 5.32 Å². The van der Waals surface area contributed by atoms with Crippen molar-refractivity contribution >= 4 is 26.8 Å². The summed E-state index contributed by atoms with van der Waals surface area (Å²) in [4.78, 5) is 12.7. The van der Waals surface area contributed by atoms with Gasteiger partial charge < -0.3 is 14.6 Å². The zero-order valence-electron chi connectivity index (χ0n) is 15.1. The number of carbonyl (C=O) groups is 1. The maximum absolute atomic E-state index is 12.4. The molecule has 0 aliphatic heterocycles. The first-order valence-corrected chi connectivity index (χ1v) is 9.60. The van der Waals surface area contributed by atoms with Gasteiger partial charge in [-0.25, -0.2) is 12.7 Å². The molecule has 0 spiro atoms. The predicted molar refractivity (Wildman–Crippen MR) is 97.3 cm³/mol. The topological polar surface area (TPSA) is 80.6 Å². The van der Waals surface area contributed by atoms with Crippen LogP contribution in [0.25, 0.3) is 10.9 Å². The number of nitrogens with zero attached hydrogens (tertiary/aromatic N) is 2. The number of hydrogen-bond acceptors (Lipinski definition) is 4. The third-order valence-corrected chi connectivity index (χ3v) is 5.82. The summed E-state index contributed by atoms with van der Waals surface area (Å²) in [7, 11) is 1.10. The number of fused-ring (bicyclic) bond motifs is 1. The zero-order valence-corrected chi connectivity index (χ0v) is 15.9. The highest BCUT2D eigenvalue weighted by atomic mass is 32.2. The van der Waals surface area contributed by atoms with E-state index in [9.17, 15) is 13.2 Å². The van der Waals surface area contributed by atoms with Gasteiger partial charge in [-0.15, -0.1) is 0 Å². The first-order valence-electron chi connectivity index (χ1n) is 8.15. The molecule has 1 aromatic carbocycles. The maximum atomic E-state index is 12.4. The molecule has 0 saturated carbocycles. The molecular formula is C17H25N3O4S. The van der Waals surface area contributed by atoms with E-state index in [-0.39, 0.29) is 10.8 Å². The molecule has 1 amide bonds. The molecule has 138 valence electrons. The Kier molecular flexibility index (Phi) is 6.21. The van der Waals surface area contributed by atoms with Crippen LogP contribution in [0.4, 0.5) is 0 Å². The average molecular weight is 367 g/mol. The maximum Gasteiger partial charge on any atom is 0.267 e.